The fourth-order valence-corrected chi connectivity index (χ4v) is 3.77. The van der Waals surface area contributed by atoms with Gasteiger partial charge in [0.25, 0.3) is 0 Å². The molecule has 0 bridgehead atoms. The topological polar surface area (TPSA) is 112 Å². The van der Waals surface area contributed by atoms with Crippen LogP contribution in [0.3, 0.4) is 0 Å². The number of carbonyl (C=O) groups excluding carboxylic acids is 1. The smallest absolute Gasteiger partial charge is 0.224 e. The molecule has 158 valence electrons. The number of nitrogens with one attached hydrogen (secondary N) is 1. The monoisotopic (exact) mass is 417 g/mol. The van der Waals surface area contributed by atoms with Gasteiger partial charge in [0.1, 0.15) is 23.3 Å². The lowest BCUT2D eigenvalue weighted by Gasteiger charge is -2.12. The number of aryl methyl sites for hydroxylation is 1. The molecule has 1 amide bonds. The van der Waals surface area contributed by atoms with Crippen molar-refractivity contribution in [3.63, 3.8) is 0 Å². The molecule has 1 aromatic carbocycles. The predicted octanol–water partition coefficient (Wildman–Crippen LogP) is 3.13. The summed E-state index contributed by atoms with van der Waals surface area (Å²) >= 11 is 0. The van der Waals surface area contributed by atoms with Crippen molar-refractivity contribution in [3.8, 4) is 28.3 Å². The summed E-state index contributed by atoms with van der Waals surface area (Å²) in [6.45, 7) is 0. The van der Waals surface area contributed by atoms with Gasteiger partial charge in [0.05, 0.1) is 18.5 Å². The Bertz CT molecular complexity index is 1290. The summed E-state index contributed by atoms with van der Waals surface area (Å²) in [6.07, 6.45) is 6.12. The van der Waals surface area contributed by atoms with Crippen molar-refractivity contribution in [2.75, 3.05) is 18.2 Å². The first-order chi connectivity index (χ1) is 15.0. The minimum atomic E-state index is 0.0120. The highest BCUT2D eigenvalue weighted by molar-refractivity contribution is 5.95. The zero-order valence-corrected chi connectivity index (χ0v) is 17.4. The van der Waals surface area contributed by atoms with Crippen molar-refractivity contribution in [2.45, 2.75) is 19.3 Å². The van der Waals surface area contributed by atoms with Crippen molar-refractivity contribution in [1.82, 2.24) is 24.4 Å². The van der Waals surface area contributed by atoms with Crippen molar-refractivity contribution in [1.29, 1.82) is 0 Å². The van der Waals surface area contributed by atoms with E-state index in [1.807, 2.05) is 43.6 Å². The molecule has 0 spiro atoms. The minimum absolute atomic E-state index is 0.0120. The number of carbonyl (C=O) groups is 1. The molecule has 0 radical (unpaired) electrons. The average Bonchev–Trinajstić information content (AvgIpc) is 3.31. The van der Waals surface area contributed by atoms with Gasteiger partial charge in [-0.2, -0.15) is 10.2 Å². The molecule has 1 aliphatic carbocycles. The molecule has 3 heterocycles. The fraction of sp³-hybridized carbons (Fsp3) is 0.273. The van der Waals surface area contributed by atoms with Crippen LogP contribution >= 0.6 is 0 Å². The number of nitrogens with two attached hydrogens (primary N) is 1. The number of nitrogen functional groups attached to an aromatic ring is 1. The van der Waals surface area contributed by atoms with Gasteiger partial charge in [-0.25, -0.2) is 9.50 Å². The Hall–Kier alpha value is -3.88. The molecule has 0 unspecified atom stereocenters. The first-order valence-electron chi connectivity index (χ1n) is 10.1. The van der Waals surface area contributed by atoms with E-state index in [-0.39, 0.29) is 5.91 Å². The van der Waals surface area contributed by atoms with Crippen molar-refractivity contribution in [3.05, 3.63) is 42.9 Å². The summed E-state index contributed by atoms with van der Waals surface area (Å²) in [7, 11) is 3.45. The van der Waals surface area contributed by atoms with E-state index in [2.05, 4.69) is 20.5 Å². The molecule has 1 aliphatic rings. The van der Waals surface area contributed by atoms with Gasteiger partial charge in [0, 0.05) is 25.2 Å². The molecule has 1 fully saturated rings. The van der Waals surface area contributed by atoms with Crippen LogP contribution in [-0.2, 0) is 11.8 Å². The van der Waals surface area contributed by atoms with E-state index in [1.54, 1.807) is 16.3 Å². The quantitative estimate of drug-likeness (QED) is 0.498. The average molecular weight is 417 g/mol. The maximum Gasteiger partial charge on any atom is 0.224 e. The third kappa shape index (κ3) is 3.58. The molecule has 0 aliphatic heterocycles. The van der Waals surface area contributed by atoms with E-state index in [0.717, 1.165) is 35.4 Å². The van der Waals surface area contributed by atoms with Crippen LogP contribution in [0.4, 0.5) is 11.5 Å². The lowest BCUT2D eigenvalue weighted by Crippen LogP contribution is -2.12. The molecular weight excluding hydrogens is 394 g/mol. The van der Waals surface area contributed by atoms with Gasteiger partial charge >= 0.3 is 0 Å². The number of anilines is 2. The number of ether oxygens (including phenoxy) is 1. The molecule has 3 aromatic heterocycles. The highest BCUT2D eigenvalue weighted by Crippen LogP contribution is 2.38. The highest BCUT2D eigenvalue weighted by atomic mass is 16.5. The summed E-state index contributed by atoms with van der Waals surface area (Å²) in [5, 5.41) is 11.9. The molecular formula is C22H23N7O2. The van der Waals surface area contributed by atoms with Crippen molar-refractivity contribution in [2.24, 2.45) is 13.0 Å². The largest absolute Gasteiger partial charge is 0.495 e. The predicted molar refractivity (Wildman–Crippen MR) is 118 cm³/mol. The number of hydrogen-bond acceptors (Lipinski definition) is 6. The lowest BCUT2D eigenvalue weighted by atomic mass is 10.1. The summed E-state index contributed by atoms with van der Waals surface area (Å²) in [5.41, 5.74) is 10.9. The van der Waals surface area contributed by atoms with E-state index in [0.29, 0.717) is 35.1 Å². The Morgan fingerprint density at radius 1 is 1.29 bits per heavy atom. The number of nitrogens with zero attached hydrogens (tertiary/aromatic N) is 5. The molecule has 5 rings (SSSR count). The number of fused-ring (bicyclic) bond motifs is 1. The van der Waals surface area contributed by atoms with Crippen molar-refractivity contribution >= 4 is 22.9 Å². The van der Waals surface area contributed by atoms with E-state index < -0.39 is 0 Å². The van der Waals surface area contributed by atoms with Crippen LogP contribution in [0.25, 0.3) is 28.0 Å². The zero-order valence-electron chi connectivity index (χ0n) is 17.4. The second-order valence-electron chi connectivity index (χ2n) is 7.83. The number of hydrogen-bond donors (Lipinski definition) is 2. The SMILES string of the molecule is COc1cc(-c2cc(-c3ccn(C)n3)n3ncnc(N)c23)ccc1NC(=O)CC1CC1. The molecule has 4 aromatic rings. The van der Waals surface area contributed by atoms with E-state index in [1.165, 1.54) is 6.33 Å². The van der Waals surface area contributed by atoms with Crippen LogP contribution in [0.1, 0.15) is 19.3 Å². The Morgan fingerprint density at radius 3 is 2.84 bits per heavy atom. The third-order valence-corrected chi connectivity index (χ3v) is 5.52. The summed E-state index contributed by atoms with van der Waals surface area (Å²) in [5.74, 6) is 1.48. The van der Waals surface area contributed by atoms with Gasteiger partial charge in [0.2, 0.25) is 5.91 Å². The Morgan fingerprint density at radius 2 is 2.13 bits per heavy atom. The van der Waals surface area contributed by atoms with Crippen molar-refractivity contribution < 1.29 is 9.53 Å². The number of benzene rings is 1. The van der Waals surface area contributed by atoms with Crippen LogP contribution in [-0.4, -0.2) is 37.4 Å². The van der Waals surface area contributed by atoms with Gasteiger partial charge in [-0.15, -0.1) is 0 Å². The second-order valence-corrected chi connectivity index (χ2v) is 7.83. The van der Waals surface area contributed by atoms with E-state index >= 15 is 0 Å². The summed E-state index contributed by atoms with van der Waals surface area (Å²) < 4.78 is 9.05. The van der Waals surface area contributed by atoms with E-state index in [9.17, 15) is 4.79 Å². The molecule has 9 nitrogen and oxygen atoms in total. The minimum Gasteiger partial charge on any atom is -0.495 e. The van der Waals surface area contributed by atoms with Crippen LogP contribution < -0.4 is 15.8 Å². The fourth-order valence-electron chi connectivity index (χ4n) is 3.77. The van der Waals surface area contributed by atoms with Crippen LogP contribution in [0.5, 0.6) is 5.75 Å². The number of amides is 1. The van der Waals surface area contributed by atoms with Gasteiger partial charge in [0.15, 0.2) is 5.82 Å². The standard InChI is InChI=1S/C22H23N7O2/c1-28-8-7-16(27-28)18-11-15(21-22(23)24-12-25-29(18)21)14-5-6-17(19(10-14)31-2)26-20(30)9-13-3-4-13/h5-8,10-13H,3-4,9H2,1-2H3,(H,26,30)(H2,23,24,25). The molecule has 1 saturated carbocycles. The molecule has 3 N–H and O–H groups in total. The Balaban J connectivity index is 1.58. The molecule has 0 saturated heterocycles. The first-order valence-corrected chi connectivity index (χ1v) is 10.1. The Kier molecular flexibility index (Phi) is 4.58. The van der Waals surface area contributed by atoms with Crippen LogP contribution in [0.2, 0.25) is 0 Å². The third-order valence-electron chi connectivity index (χ3n) is 5.52. The zero-order chi connectivity index (χ0) is 21.5. The summed E-state index contributed by atoms with van der Waals surface area (Å²) in [6, 6.07) is 9.57. The van der Waals surface area contributed by atoms with Gasteiger partial charge in [-0.05, 0) is 48.6 Å². The maximum absolute atomic E-state index is 12.3. The molecule has 9 heteroatoms. The highest BCUT2D eigenvalue weighted by Gasteiger charge is 2.25. The van der Waals surface area contributed by atoms with Gasteiger partial charge < -0.3 is 15.8 Å². The normalized spacial score (nSPS) is 13.5. The maximum atomic E-state index is 12.3. The molecule has 31 heavy (non-hydrogen) atoms. The van der Waals surface area contributed by atoms with Crippen LogP contribution in [0, 0.1) is 5.92 Å². The lowest BCUT2D eigenvalue weighted by molar-refractivity contribution is -0.116. The summed E-state index contributed by atoms with van der Waals surface area (Å²) in [4.78, 5) is 16.4. The van der Waals surface area contributed by atoms with Crippen LogP contribution in [0.15, 0.2) is 42.9 Å². The van der Waals surface area contributed by atoms with E-state index in [4.69, 9.17) is 10.5 Å². The van der Waals surface area contributed by atoms with Gasteiger partial charge in [-0.3, -0.25) is 9.48 Å². The second kappa shape index (κ2) is 7.42. The number of aromatic nitrogens is 5. The molecule has 0 atom stereocenters. The Labute approximate surface area is 178 Å². The number of methoxy groups -OCH3 is 1. The number of rotatable bonds is 6. The van der Waals surface area contributed by atoms with Gasteiger partial charge in [-0.1, -0.05) is 6.07 Å². The first kappa shape index (κ1) is 19.1.